The first-order chi connectivity index (χ1) is 20.1. The summed E-state index contributed by atoms with van der Waals surface area (Å²) in [5.74, 6) is -0.263. The number of hydrogen-bond acceptors (Lipinski definition) is 5. The first-order valence-electron chi connectivity index (χ1n) is 13.9. The monoisotopic (exact) mass is 677 g/mol. The van der Waals surface area contributed by atoms with Crippen LogP contribution in [0.5, 0.6) is 5.75 Å². The summed E-state index contributed by atoms with van der Waals surface area (Å²) in [6, 6.07) is 19.0. The van der Waals surface area contributed by atoms with Crippen molar-refractivity contribution < 1.29 is 22.7 Å². The average Bonchev–Trinajstić information content (AvgIpc) is 2.97. The maximum absolute atomic E-state index is 14.1. The molecule has 2 amide bonds. The Bertz CT molecular complexity index is 1440. The standard InChI is InChI=1S/C31H37BrClN3O5S/c1-4-7-20-34-31(38)29(5-2)35(21-23-10-8-9-11-28(23)33)30(37)22-36(25-14-16-26(17-15-25)41-6-3)42(39,40)27-18-12-24(32)13-19-27/h8-19,29H,4-7,20-22H2,1-3H3,(H,34,38)/t29-/m0/s1. The Balaban J connectivity index is 2.05. The second-order valence-electron chi connectivity index (χ2n) is 9.57. The molecule has 11 heteroatoms. The van der Waals surface area contributed by atoms with Gasteiger partial charge in [-0.1, -0.05) is 66.0 Å². The van der Waals surface area contributed by atoms with Crippen molar-refractivity contribution in [3.63, 3.8) is 0 Å². The average molecular weight is 679 g/mol. The van der Waals surface area contributed by atoms with E-state index >= 15 is 0 Å². The molecule has 226 valence electrons. The molecule has 0 aliphatic carbocycles. The van der Waals surface area contributed by atoms with E-state index in [1.54, 1.807) is 60.7 Å². The number of rotatable bonds is 15. The number of unbranched alkanes of at least 4 members (excludes halogenated alkanes) is 1. The molecule has 0 aliphatic heterocycles. The highest BCUT2D eigenvalue weighted by atomic mass is 79.9. The molecule has 0 spiro atoms. The summed E-state index contributed by atoms with van der Waals surface area (Å²) in [5.41, 5.74) is 0.934. The molecule has 42 heavy (non-hydrogen) atoms. The number of nitrogens with zero attached hydrogens (tertiary/aromatic N) is 2. The first kappa shape index (κ1) is 33.4. The highest BCUT2D eigenvalue weighted by Crippen LogP contribution is 2.28. The van der Waals surface area contributed by atoms with Gasteiger partial charge in [-0.2, -0.15) is 0 Å². The van der Waals surface area contributed by atoms with Crippen LogP contribution < -0.4 is 14.4 Å². The van der Waals surface area contributed by atoms with Gasteiger partial charge in [-0.05, 0) is 79.9 Å². The lowest BCUT2D eigenvalue weighted by atomic mass is 10.1. The summed E-state index contributed by atoms with van der Waals surface area (Å²) in [6.07, 6.45) is 2.04. The summed E-state index contributed by atoms with van der Waals surface area (Å²) in [7, 11) is -4.18. The van der Waals surface area contributed by atoms with Gasteiger partial charge in [0.2, 0.25) is 11.8 Å². The fourth-order valence-corrected chi connectivity index (χ4v) is 6.25. The zero-order valence-electron chi connectivity index (χ0n) is 24.1. The van der Waals surface area contributed by atoms with Crippen molar-refractivity contribution >= 4 is 55.1 Å². The number of halogens is 2. The van der Waals surface area contributed by atoms with Crippen LogP contribution in [0.1, 0.15) is 45.6 Å². The van der Waals surface area contributed by atoms with E-state index in [-0.39, 0.29) is 23.0 Å². The van der Waals surface area contributed by atoms with Crippen LogP contribution in [0.2, 0.25) is 5.02 Å². The van der Waals surface area contributed by atoms with Gasteiger partial charge in [0.25, 0.3) is 10.0 Å². The third-order valence-corrected chi connectivity index (χ3v) is 9.32. The Morgan fingerprint density at radius 2 is 1.64 bits per heavy atom. The highest BCUT2D eigenvalue weighted by molar-refractivity contribution is 9.10. The maximum atomic E-state index is 14.1. The van der Waals surface area contributed by atoms with Gasteiger partial charge in [0.05, 0.1) is 17.2 Å². The minimum absolute atomic E-state index is 0.0226. The van der Waals surface area contributed by atoms with E-state index < -0.39 is 28.5 Å². The quantitative estimate of drug-likeness (QED) is 0.187. The van der Waals surface area contributed by atoms with Crippen LogP contribution in [-0.4, -0.2) is 50.9 Å². The Morgan fingerprint density at radius 1 is 0.976 bits per heavy atom. The maximum Gasteiger partial charge on any atom is 0.264 e. The zero-order chi connectivity index (χ0) is 30.7. The van der Waals surface area contributed by atoms with Crippen LogP contribution in [0.4, 0.5) is 5.69 Å². The highest BCUT2D eigenvalue weighted by Gasteiger charge is 2.34. The zero-order valence-corrected chi connectivity index (χ0v) is 27.2. The molecule has 0 unspecified atom stereocenters. The third kappa shape index (κ3) is 8.72. The van der Waals surface area contributed by atoms with Crippen molar-refractivity contribution in [3.8, 4) is 5.75 Å². The minimum Gasteiger partial charge on any atom is -0.494 e. The Labute approximate surface area is 262 Å². The van der Waals surface area contributed by atoms with Gasteiger partial charge < -0.3 is 15.0 Å². The van der Waals surface area contributed by atoms with Crippen LogP contribution in [0.15, 0.2) is 82.2 Å². The van der Waals surface area contributed by atoms with Crippen LogP contribution in [0, 0.1) is 0 Å². The van der Waals surface area contributed by atoms with Crippen molar-refractivity contribution in [3.05, 3.63) is 87.9 Å². The number of carbonyl (C=O) groups excluding carboxylic acids is 2. The molecule has 1 N–H and O–H groups in total. The number of ether oxygens (including phenoxy) is 1. The molecular weight excluding hydrogens is 642 g/mol. The molecule has 0 saturated carbocycles. The van der Waals surface area contributed by atoms with Crippen LogP contribution in [-0.2, 0) is 26.2 Å². The fraction of sp³-hybridized carbons (Fsp3) is 0.355. The molecule has 0 radical (unpaired) electrons. The third-order valence-electron chi connectivity index (χ3n) is 6.63. The second-order valence-corrected chi connectivity index (χ2v) is 12.8. The molecule has 0 aromatic heterocycles. The minimum atomic E-state index is -4.18. The number of anilines is 1. The predicted molar refractivity (Wildman–Crippen MR) is 170 cm³/mol. The number of hydrogen-bond donors (Lipinski definition) is 1. The Hall–Kier alpha value is -3.08. The molecule has 0 aliphatic rings. The van der Waals surface area contributed by atoms with E-state index in [0.29, 0.717) is 35.9 Å². The van der Waals surface area contributed by atoms with Crippen LogP contribution in [0.25, 0.3) is 0 Å². The summed E-state index contributed by atoms with van der Waals surface area (Å²) in [5, 5.41) is 3.37. The predicted octanol–water partition coefficient (Wildman–Crippen LogP) is 6.42. The lowest BCUT2D eigenvalue weighted by Crippen LogP contribution is -2.52. The van der Waals surface area contributed by atoms with Crippen molar-refractivity contribution in [1.82, 2.24) is 10.2 Å². The van der Waals surface area contributed by atoms with Gasteiger partial charge in [-0.15, -0.1) is 0 Å². The van der Waals surface area contributed by atoms with Gasteiger partial charge in [0.1, 0.15) is 18.3 Å². The van der Waals surface area contributed by atoms with Gasteiger partial charge in [0, 0.05) is 22.6 Å². The second kappa shape index (κ2) is 16.0. The molecule has 3 rings (SSSR count). The number of nitrogens with one attached hydrogen (secondary N) is 1. The number of benzene rings is 3. The molecule has 0 bridgehead atoms. The summed E-state index contributed by atoms with van der Waals surface area (Å²) < 4.78 is 35.3. The van der Waals surface area contributed by atoms with Crippen molar-refractivity contribution in [2.24, 2.45) is 0 Å². The largest absolute Gasteiger partial charge is 0.494 e. The van der Waals surface area contributed by atoms with E-state index in [1.807, 2.05) is 20.8 Å². The van der Waals surface area contributed by atoms with Crippen molar-refractivity contribution in [2.75, 3.05) is 24.0 Å². The van der Waals surface area contributed by atoms with E-state index in [1.165, 1.54) is 17.0 Å². The molecule has 3 aromatic rings. The topological polar surface area (TPSA) is 96.0 Å². The number of sulfonamides is 1. The molecule has 1 atom stereocenters. The normalized spacial score (nSPS) is 11.9. The van der Waals surface area contributed by atoms with Gasteiger partial charge in [-0.3, -0.25) is 13.9 Å². The Kier molecular flexibility index (Phi) is 12.7. The Morgan fingerprint density at radius 3 is 2.24 bits per heavy atom. The molecule has 0 heterocycles. The molecule has 0 saturated heterocycles. The SMILES string of the molecule is CCCCNC(=O)[C@H](CC)N(Cc1ccccc1Cl)C(=O)CN(c1ccc(OCC)cc1)S(=O)(=O)c1ccc(Br)cc1. The van der Waals surface area contributed by atoms with Gasteiger partial charge in [0.15, 0.2) is 0 Å². The smallest absolute Gasteiger partial charge is 0.264 e. The van der Waals surface area contributed by atoms with Crippen LogP contribution >= 0.6 is 27.5 Å². The first-order valence-corrected chi connectivity index (χ1v) is 16.5. The molecule has 8 nitrogen and oxygen atoms in total. The van der Waals surface area contributed by atoms with Gasteiger partial charge in [-0.25, -0.2) is 8.42 Å². The van der Waals surface area contributed by atoms with Crippen LogP contribution in [0.3, 0.4) is 0 Å². The molecule has 3 aromatic carbocycles. The number of carbonyl (C=O) groups is 2. The summed E-state index contributed by atoms with van der Waals surface area (Å²) in [6.45, 7) is 6.14. The van der Waals surface area contributed by atoms with E-state index in [4.69, 9.17) is 16.3 Å². The van der Waals surface area contributed by atoms with Crippen molar-refractivity contribution in [1.29, 1.82) is 0 Å². The van der Waals surface area contributed by atoms with E-state index in [9.17, 15) is 18.0 Å². The number of amides is 2. The lowest BCUT2D eigenvalue weighted by molar-refractivity contribution is -0.140. The summed E-state index contributed by atoms with van der Waals surface area (Å²) in [4.78, 5) is 28.9. The van der Waals surface area contributed by atoms with E-state index in [0.717, 1.165) is 21.6 Å². The fourth-order valence-electron chi connectivity index (χ4n) is 4.37. The van der Waals surface area contributed by atoms with E-state index in [2.05, 4.69) is 21.2 Å². The van der Waals surface area contributed by atoms with Crippen molar-refractivity contribution in [2.45, 2.75) is 57.5 Å². The molecular formula is C31H37BrClN3O5S. The molecule has 0 fully saturated rings. The lowest BCUT2D eigenvalue weighted by Gasteiger charge is -2.33. The summed E-state index contributed by atoms with van der Waals surface area (Å²) >= 11 is 9.79. The van der Waals surface area contributed by atoms with Gasteiger partial charge >= 0.3 is 0 Å².